The predicted molar refractivity (Wildman–Crippen MR) is 74.7 cm³/mol. The average molecular weight is 262 g/mol. The Balaban J connectivity index is 2.15. The zero-order valence-electron chi connectivity index (χ0n) is 11.6. The van der Waals surface area contributed by atoms with E-state index in [1.54, 1.807) is 0 Å². The van der Waals surface area contributed by atoms with Crippen molar-refractivity contribution >= 4 is 11.9 Å². The molecule has 1 aromatic heterocycles. The van der Waals surface area contributed by atoms with E-state index in [1.807, 2.05) is 19.9 Å². The molecule has 5 heteroatoms. The Hall–Kier alpha value is -1.65. The Morgan fingerprint density at radius 3 is 2.47 bits per heavy atom. The molecule has 19 heavy (non-hydrogen) atoms. The summed E-state index contributed by atoms with van der Waals surface area (Å²) in [5.74, 6) is 0.270. The van der Waals surface area contributed by atoms with Crippen LogP contribution in [0.25, 0.3) is 0 Å². The highest BCUT2D eigenvalue weighted by Gasteiger charge is 2.28. The Morgan fingerprint density at radius 1 is 1.21 bits per heavy atom. The molecule has 1 aliphatic rings. The fraction of sp³-hybridized carbons (Fsp3) is 0.643. The summed E-state index contributed by atoms with van der Waals surface area (Å²) in [6.45, 7) is 3.89. The standard InChI is InChI=1S/C14H22N4O/c1-9-8-10(2)17-14(16-9)18-12-7-5-3-4-6-11(12)13(15)19/h8,11-12H,3-7H2,1-2H3,(H2,15,19)(H,16,17,18)/t11-,12-/m1/s1. The summed E-state index contributed by atoms with van der Waals surface area (Å²) >= 11 is 0. The molecule has 0 aliphatic heterocycles. The second kappa shape index (κ2) is 5.99. The number of hydrogen-bond acceptors (Lipinski definition) is 4. The van der Waals surface area contributed by atoms with Gasteiger partial charge in [0.1, 0.15) is 0 Å². The SMILES string of the molecule is Cc1cc(C)nc(N[C@@H]2CCCCC[C@H]2C(N)=O)n1. The van der Waals surface area contributed by atoms with Crippen molar-refractivity contribution in [3.05, 3.63) is 17.5 Å². The van der Waals surface area contributed by atoms with E-state index in [0.717, 1.165) is 43.5 Å². The number of nitrogens with zero attached hydrogens (tertiary/aromatic N) is 2. The largest absolute Gasteiger partial charge is 0.369 e. The van der Waals surface area contributed by atoms with E-state index < -0.39 is 0 Å². The van der Waals surface area contributed by atoms with E-state index in [-0.39, 0.29) is 17.9 Å². The molecule has 104 valence electrons. The minimum Gasteiger partial charge on any atom is -0.369 e. The van der Waals surface area contributed by atoms with Crippen LogP contribution in [0, 0.1) is 19.8 Å². The van der Waals surface area contributed by atoms with Crippen LogP contribution in [0.1, 0.15) is 43.5 Å². The van der Waals surface area contributed by atoms with E-state index in [4.69, 9.17) is 5.73 Å². The highest BCUT2D eigenvalue weighted by Crippen LogP contribution is 2.25. The van der Waals surface area contributed by atoms with Crippen LogP contribution in [0.4, 0.5) is 5.95 Å². The van der Waals surface area contributed by atoms with Gasteiger partial charge >= 0.3 is 0 Å². The van der Waals surface area contributed by atoms with Gasteiger partial charge in [0.15, 0.2) is 0 Å². The molecule has 1 aliphatic carbocycles. The molecule has 1 saturated carbocycles. The number of nitrogens with one attached hydrogen (secondary N) is 1. The second-order valence-corrected chi connectivity index (χ2v) is 5.37. The lowest BCUT2D eigenvalue weighted by molar-refractivity contribution is -0.122. The van der Waals surface area contributed by atoms with Crippen LogP contribution in [0.15, 0.2) is 6.07 Å². The van der Waals surface area contributed by atoms with Crippen molar-refractivity contribution in [3.63, 3.8) is 0 Å². The van der Waals surface area contributed by atoms with Gasteiger partial charge in [0, 0.05) is 17.4 Å². The van der Waals surface area contributed by atoms with Crippen molar-refractivity contribution in [2.24, 2.45) is 11.7 Å². The third-order valence-corrected chi connectivity index (χ3v) is 3.68. The number of carbonyl (C=O) groups excluding carboxylic acids is 1. The lowest BCUT2D eigenvalue weighted by Crippen LogP contribution is -2.38. The van der Waals surface area contributed by atoms with E-state index in [2.05, 4.69) is 15.3 Å². The monoisotopic (exact) mass is 262 g/mol. The molecule has 1 aromatic rings. The third kappa shape index (κ3) is 3.66. The quantitative estimate of drug-likeness (QED) is 0.816. The smallest absolute Gasteiger partial charge is 0.223 e. The molecule has 0 bridgehead atoms. The number of rotatable bonds is 3. The number of nitrogens with two attached hydrogens (primary N) is 1. The minimum absolute atomic E-state index is 0.0567. The highest BCUT2D eigenvalue weighted by molar-refractivity contribution is 5.77. The number of hydrogen-bond donors (Lipinski definition) is 2. The molecular weight excluding hydrogens is 240 g/mol. The number of primary amides is 1. The summed E-state index contributed by atoms with van der Waals surface area (Å²) in [6, 6.07) is 1.99. The fourth-order valence-electron chi connectivity index (χ4n) is 2.78. The summed E-state index contributed by atoms with van der Waals surface area (Å²) < 4.78 is 0. The molecular formula is C14H22N4O. The first-order valence-electron chi connectivity index (χ1n) is 6.94. The molecule has 0 aromatic carbocycles. The molecule has 3 N–H and O–H groups in total. The lowest BCUT2D eigenvalue weighted by atomic mass is 9.94. The van der Waals surface area contributed by atoms with Crippen molar-refractivity contribution in [1.82, 2.24) is 9.97 Å². The van der Waals surface area contributed by atoms with Crippen LogP contribution < -0.4 is 11.1 Å². The van der Waals surface area contributed by atoms with Crippen LogP contribution in [-0.2, 0) is 4.79 Å². The van der Waals surface area contributed by atoms with Crippen molar-refractivity contribution in [3.8, 4) is 0 Å². The van der Waals surface area contributed by atoms with E-state index in [0.29, 0.717) is 5.95 Å². The topological polar surface area (TPSA) is 80.9 Å². The lowest BCUT2D eigenvalue weighted by Gasteiger charge is -2.23. The van der Waals surface area contributed by atoms with Gasteiger partial charge in [0.2, 0.25) is 11.9 Å². The van der Waals surface area contributed by atoms with Crippen molar-refractivity contribution in [1.29, 1.82) is 0 Å². The van der Waals surface area contributed by atoms with Gasteiger partial charge in [0.05, 0.1) is 5.92 Å². The summed E-state index contributed by atoms with van der Waals surface area (Å²) in [4.78, 5) is 20.3. The highest BCUT2D eigenvalue weighted by atomic mass is 16.1. The van der Waals surface area contributed by atoms with Crippen LogP contribution in [-0.4, -0.2) is 21.9 Å². The van der Waals surface area contributed by atoms with Crippen LogP contribution in [0.3, 0.4) is 0 Å². The predicted octanol–water partition coefficient (Wildman–Crippen LogP) is 1.94. The summed E-state index contributed by atoms with van der Waals surface area (Å²) in [6.07, 6.45) is 5.16. The van der Waals surface area contributed by atoms with Gasteiger partial charge in [0.25, 0.3) is 0 Å². The number of aryl methyl sites for hydroxylation is 2. The van der Waals surface area contributed by atoms with Gasteiger partial charge in [-0.3, -0.25) is 4.79 Å². The normalized spacial score (nSPS) is 23.7. The molecule has 1 heterocycles. The maximum Gasteiger partial charge on any atom is 0.223 e. The molecule has 0 saturated heterocycles. The molecule has 2 atom stereocenters. The van der Waals surface area contributed by atoms with Gasteiger partial charge < -0.3 is 11.1 Å². The van der Waals surface area contributed by atoms with E-state index >= 15 is 0 Å². The fourth-order valence-corrected chi connectivity index (χ4v) is 2.78. The Labute approximate surface area is 114 Å². The van der Waals surface area contributed by atoms with Gasteiger partial charge in [-0.1, -0.05) is 19.3 Å². The molecule has 1 fully saturated rings. The van der Waals surface area contributed by atoms with Crippen LogP contribution in [0.2, 0.25) is 0 Å². The first-order chi connectivity index (χ1) is 9.06. The summed E-state index contributed by atoms with van der Waals surface area (Å²) in [7, 11) is 0. The molecule has 0 radical (unpaired) electrons. The first-order valence-corrected chi connectivity index (χ1v) is 6.94. The summed E-state index contributed by atoms with van der Waals surface area (Å²) in [5, 5.41) is 3.31. The Kier molecular flexibility index (Phi) is 4.35. The van der Waals surface area contributed by atoms with Gasteiger partial charge in [-0.2, -0.15) is 0 Å². The number of amides is 1. The van der Waals surface area contributed by atoms with Gasteiger partial charge in [-0.15, -0.1) is 0 Å². The molecule has 2 rings (SSSR count). The summed E-state index contributed by atoms with van der Waals surface area (Å²) in [5.41, 5.74) is 7.38. The van der Waals surface area contributed by atoms with E-state index in [9.17, 15) is 4.79 Å². The van der Waals surface area contributed by atoms with Crippen LogP contribution >= 0.6 is 0 Å². The first kappa shape index (κ1) is 13.8. The second-order valence-electron chi connectivity index (χ2n) is 5.37. The molecule has 0 spiro atoms. The van der Waals surface area contributed by atoms with E-state index in [1.165, 1.54) is 0 Å². The number of aromatic nitrogens is 2. The Morgan fingerprint density at radius 2 is 1.84 bits per heavy atom. The van der Waals surface area contributed by atoms with Crippen molar-refractivity contribution < 1.29 is 4.79 Å². The zero-order valence-corrected chi connectivity index (χ0v) is 11.6. The maximum absolute atomic E-state index is 11.6. The number of anilines is 1. The maximum atomic E-state index is 11.6. The average Bonchev–Trinajstić information content (AvgIpc) is 2.53. The van der Waals surface area contributed by atoms with Crippen molar-refractivity contribution in [2.45, 2.75) is 52.0 Å². The van der Waals surface area contributed by atoms with Gasteiger partial charge in [-0.25, -0.2) is 9.97 Å². The molecule has 0 unspecified atom stereocenters. The Bertz CT molecular complexity index is 441. The van der Waals surface area contributed by atoms with Crippen LogP contribution in [0.5, 0.6) is 0 Å². The zero-order chi connectivity index (χ0) is 13.8. The molecule has 1 amide bonds. The third-order valence-electron chi connectivity index (χ3n) is 3.68. The molecule has 5 nitrogen and oxygen atoms in total. The minimum atomic E-state index is -0.219. The van der Waals surface area contributed by atoms with Crippen molar-refractivity contribution in [2.75, 3.05) is 5.32 Å². The van der Waals surface area contributed by atoms with Gasteiger partial charge in [-0.05, 0) is 32.8 Å². The number of carbonyl (C=O) groups is 1.